The van der Waals surface area contributed by atoms with Gasteiger partial charge in [-0.2, -0.15) is 0 Å². The quantitative estimate of drug-likeness (QED) is 0.675. The summed E-state index contributed by atoms with van der Waals surface area (Å²) in [5, 5.41) is 14.9. The third kappa shape index (κ3) is 4.33. The Morgan fingerprint density at radius 1 is 1.24 bits per heavy atom. The minimum Gasteiger partial charge on any atom is -0.505 e. The molecule has 0 radical (unpaired) electrons. The Morgan fingerprint density at radius 2 is 2.03 bits per heavy atom. The summed E-state index contributed by atoms with van der Waals surface area (Å²) in [5.41, 5.74) is 1.58. The van der Waals surface area contributed by atoms with Gasteiger partial charge in [0.25, 0.3) is 5.91 Å². The third-order valence-electron chi connectivity index (χ3n) is 5.30. The number of carbonyl (C=O) groups is 1. The van der Waals surface area contributed by atoms with Crippen LogP contribution in [0.5, 0.6) is 5.75 Å². The molecule has 2 N–H and O–H groups in total. The molecule has 1 saturated heterocycles. The minimum atomic E-state index is -0.421. The average Bonchev–Trinajstić information content (AvgIpc) is 2.73. The van der Waals surface area contributed by atoms with E-state index in [0.717, 1.165) is 36.9 Å². The molecule has 1 aliphatic rings. The summed E-state index contributed by atoms with van der Waals surface area (Å²) in [6.07, 6.45) is 3.19. The van der Waals surface area contributed by atoms with Crippen LogP contribution in [0.3, 0.4) is 0 Å². The van der Waals surface area contributed by atoms with Gasteiger partial charge in [0, 0.05) is 48.4 Å². The molecular formula is C22H21ClFN3O2. The predicted molar refractivity (Wildman–Crippen MR) is 111 cm³/mol. The number of phenolic OH excluding ortho intramolecular Hbond substituents is 1. The molecule has 3 aromatic rings. The molecule has 1 aromatic heterocycles. The fourth-order valence-corrected chi connectivity index (χ4v) is 4.02. The SMILES string of the molecule is O=C(NC1CCN(Cc2cc(Cl)c3cccnc3c2O)CC1)c1cccc(F)c1. The molecule has 1 aliphatic heterocycles. The summed E-state index contributed by atoms with van der Waals surface area (Å²) in [5.74, 6) is -0.518. The zero-order valence-electron chi connectivity index (χ0n) is 15.7. The number of hydrogen-bond acceptors (Lipinski definition) is 4. The van der Waals surface area contributed by atoms with Crippen LogP contribution in [0.25, 0.3) is 10.9 Å². The molecule has 150 valence electrons. The van der Waals surface area contributed by atoms with Crippen LogP contribution in [0.2, 0.25) is 5.02 Å². The number of amides is 1. The van der Waals surface area contributed by atoms with Gasteiger partial charge in [0.15, 0.2) is 0 Å². The van der Waals surface area contributed by atoms with E-state index >= 15 is 0 Å². The molecule has 0 bridgehead atoms. The number of rotatable bonds is 4. The lowest BCUT2D eigenvalue weighted by molar-refractivity contribution is 0.0908. The van der Waals surface area contributed by atoms with Crippen molar-refractivity contribution >= 4 is 28.4 Å². The normalized spacial score (nSPS) is 15.5. The monoisotopic (exact) mass is 413 g/mol. The van der Waals surface area contributed by atoms with E-state index < -0.39 is 5.82 Å². The molecule has 0 spiro atoms. The zero-order chi connectivity index (χ0) is 20.4. The highest BCUT2D eigenvalue weighted by Crippen LogP contribution is 2.33. The van der Waals surface area contributed by atoms with Crippen LogP contribution in [0.1, 0.15) is 28.8 Å². The second kappa shape index (κ2) is 8.35. The summed E-state index contributed by atoms with van der Waals surface area (Å²) in [4.78, 5) is 18.8. The first-order valence-electron chi connectivity index (χ1n) is 9.55. The molecule has 2 aromatic carbocycles. The molecule has 2 heterocycles. The Kier molecular flexibility index (Phi) is 5.65. The minimum absolute atomic E-state index is 0.0393. The predicted octanol–water partition coefficient (Wildman–Crippen LogP) is 4.13. The van der Waals surface area contributed by atoms with E-state index in [1.165, 1.54) is 18.2 Å². The van der Waals surface area contributed by atoms with E-state index in [9.17, 15) is 14.3 Å². The lowest BCUT2D eigenvalue weighted by Gasteiger charge is -2.32. The number of phenols is 1. The summed E-state index contributed by atoms with van der Waals surface area (Å²) in [7, 11) is 0. The lowest BCUT2D eigenvalue weighted by atomic mass is 10.0. The zero-order valence-corrected chi connectivity index (χ0v) is 16.5. The second-order valence-corrected chi connectivity index (χ2v) is 7.71. The number of fused-ring (bicyclic) bond motifs is 1. The number of piperidine rings is 1. The molecule has 0 saturated carbocycles. The standard InChI is InChI=1S/C22H21ClFN3O2/c23-19-12-15(21(28)20-18(19)5-2-8-25-20)13-27-9-6-17(7-10-27)26-22(29)14-3-1-4-16(24)11-14/h1-5,8,11-12,17,28H,6-7,9-10,13H2,(H,26,29). The summed E-state index contributed by atoms with van der Waals surface area (Å²) in [6.45, 7) is 2.10. The number of pyridine rings is 1. The maximum Gasteiger partial charge on any atom is 0.251 e. The number of benzene rings is 2. The van der Waals surface area contributed by atoms with Crippen molar-refractivity contribution < 1.29 is 14.3 Å². The molecule has 1 fully saturated rings. The van der Waals surface area contributed by atoms with Crippen molar-refractivity contribution in [3.8, 4) is 5.75 Å². The van der Waals surface area contributed by atoms with Crippen LogP contribution < -0.4 is 5.32 Å². The number of halogens is 2. The molecule has 4 rings (SSSR count). The smallest absolute Gasteiger partial charge is 0.251 e. The van der Waals surface area contributed by atoms with Crippen molar-refractivity contribution in [2.45, 2.75) is 25.4 Å². The van der Waals surface area contributed by atoms with E-state index in [2.05, 4.69) is 15.2 Å². The van der Waals surface area contributed by atoms with Crippen LogP contribution in [-0.2, 0) is 6.54 Å². The van der Waals surface area contributed by atoms with E-state index in [1.54, 1.807) is 24.4 Å². The highest BCUT2D eigenvalue weighted by Gasteiger charge is 2.23. The molecule has 0 unspecified atom stereocenters. The van der Waals surface area contributed by atoms with Crippen molar-refractivity contribution in [3.05, 3.63) is 70.6 Å². The first kappa shape index (κ1) is 19.6. The van der Waals surface area contributed by atoms with Crippen molar-refractivity contribution in [3.63, 3.8) is 0 Å². The van der Waals surface area contributed by atoms with Crippen molar-refractivity contribution in [1.82, 2.24) is 15.2 Å². The van der Waals surface area contributed by atoms with E-state index in [0.29, 0.717) is 22.6 Å². The number of likely N-dealkylation sites (tertiary alicyclic amines) is 1. The topological polar surface area (TPSA) is 65.5 Å². The fraction of sp³-hybridized carbons (Fsp3) is 0.273. The Balaban J connectivity index is 1.37. The van der Waals surface area contributed by atoms with Gasteiger partial charge in [0.1, 0.15) is 17.1 Å². The third-order valence-corrected chi connectivity index (χ3v) is 5.61. The first-order valence-corrected chi connectivity index (χ1v) is 9.93. The highest BCUT2D eigenvalue weighted by molar-refractivity contribution is 6.35. The lowest BCUT2D eigenvalue weighted by Crippen LogP contribution is -2.44. The average molecular weight is 414 g/mol. The molecule has 0 aliphatic carbocycles. The van der Waals surface area contributed by atoms with Gasteiger partial charge < -0.3 is 10.4 Å². The molecular weight excluding hydrogens is 393 g/mol. The van der Waals surface area contributed by atoms with Gasteiger partial charge in [-0.15, -0.1) is 0 Å². The van der Waals surface area contributed by atoms with Crippen LogP contribution in [-0.4, -0.2) is 40.0 Å². The number of nitrogens with zero attached hydrogens (tertiary/aromatic N) is 2. The van der Waals surface area contributed by atoms with Gasteiger partial charge in [0.2, 0.25) is 0 Å². The van der Waals surface area contributed by atoms with Gasteiger partial charge in [-0.1, -0.05) is 17.7 Å². The summed E-state index contributed by atoms with van der Waals surface area (Å²) in [6, 6.07) is 11.1. The van der Waals surface area contributed by atoms with Gasteiger partial charge in [0.05, 0.1) is 5.02 Å². The van der Waals surface area contributed by atoms with E-state index in [1.807, 2.05) is 6.07 Å². The fourth-order valence-electron chi connectivity index (χ4n) is 3.73. The Hall–Kier alpha value is -2.70. The Labute approximate surface area is 173 Å². The van der Waals surface area contributed by atoms with Crippen molar-refractivity contribution in [1.29, 1.82) is 0 Å². The number of aromatic nitrogens is 1. The molecule has 5 nitrogen and oxygen atoms in total. The van der Waals surface area contributed by atoms with Gasteiger partial charge >= 0.3 is 0 Å². The van der Waals surface area contributed by atoms with Crippen LogP contribution in [0.15, 0.2) is 48.7 Å². The number of hydrogen-bond donors (Lipinski definition) is 2. The maximum atomic E-state index is 13.3. The van der Waals surface area contributed by atoms with Gasteiger partial charge in [-0.3, -0.25) is 14.7 Å². The Bertz CT molecular complexity index is 1050. The number of aromatic hydroxyl groups is 1. The van der Waals surface area contributed by atoms with Crippen molar-refractivity contribution in [2.24, 2.45) is 0 Å². The van der Waals surface area contributed by atoms with Crippen LogP contribution >= 0.6 is 11.6 Å². The van der Waals surface area contributed by atoms with Crippen LogP contribution in [0.4, 0.5) is 4.39 Å². The van der Waals surface area contributed by atoms with Crippen LogP contribution in [0, 0.1) is 5.82 Å². The van der Waals surface area contributed by atoms with E-state index in [4.69, 9.17) is 11.6 Å². The molecule has 29 heavy (non-hydrogen) atoms. The van der Waals surface area contributed by atoms with Gasteiger partial charge in [-0.05, 0) is 49.2 Å². The second-order valence-electron chi connectivity index (χ2n) is 7.30. The summed E-state index contributed by atoms with van der Waals surface area (Å²) < 4.78 is 13.3. The van der Waals surface area contributed by atoms with Crippen molar-refractivity contribution in [2.75, 3.05) is 13.1 Å². The molecule has 1 amide bonds. The number of carbonyl (C=O) groups excluding carboxylic acids is 1. The molecule has 7 heteroatoms. The maximum absolute atomic E-state index is 13.3. The highest BCUT2D eigenvalue weighted by atomic mass is 35.5. The largest absolute Gasteiger partial charge is 0.505 e. The summed E-state index contributed by atoms with van der Waals surface area (Å²) >= 11 is 6.36. The molecule has 0 atom stereocenters. The number of nitrogens with one attached hydrogen (secondary N) is 1. The first-order chi connectivity index (χ1) is 14.0. The van der Waals surface area contributed by atoms with Gasteiger partial charge in [-0.25, -0.2) is 4.39 Å². The Morgan fingerprint density at radius 3 is 2.79 bits per heavy atom. The van der Waals surface area contributed by atoms with E-state index in [-0.39, 0.29) is 17.7 Å².